The first-order valence-corrected chi connectivity index (χ1v) is 5.68. The summed E-state index contributed by atoms with van der Waals surface area (Å²) in [4.78, 5) is 11.8. The van der Waals surface area contributed by atoms with E-state index in [1.807, 2.05) is 0 Å². The third kappa shape index (κ3) is 3.11. The molecule has 5 nitrogen and oxygen atoms in total. The zero-order chi connectivity index (χ0) is 14.0. The number of alkyl halides is 2. The molecule has 1 aliphatic carbocycles. The third-order valence-corrected chi connectivity index (χ3v) is 2.89. The normalized spacial score (nSPS) is 16.1. The summed E-state index contributed by atoms with van der Waals surface area (Å²) in [5.41, 5.74) is 4.94. The molecule has 1 saturated carbocycles. The number of ether oxygens (including phenoxy) is 2. The van der Waals surface area contributed by atoms with Gasteiger partial charge in [-0.2, -0.15) is 8.78 Å². The Hall–Kier alpha value is -1.89. The first-order chi connectivity index (χ1) is 8.94. The molecule has 0 aliphatic heterocycles. The van der Waals surface area contributed by atoms with Crippen molar-refractivity contribution in [2.75, 3.05) is 12.4 Å². The van der Waals surface area contributed by atoms with E-state index in [-0.39, 0.29) is 11.4 Å². The van der Waals surface area contributed by atoms with Crippen LogP contribution in [-0.4, -0.2) is 25.2 Å². The standard InChI is InChI=1S/C12H14F2N2O3/c1-18-7-2-3-9(19-11(13)14)8(6-7)16-10(17)12(15)4-5-12/h2-3,6,11H,4-5,15H2,1H3,(H,16,17). The quantitative estimate of drug-likeness (QED) is 0.856. The molecule has 0 atom stereocenters. The number of amides is 1. The summed E-state index contributed by atoms with van der Waals surface area (Å²) in [6.45, 7) is -2.98. The molecule has 0 saturated heterocycles. The topological polar surface area (TPSA) is 73.6 Å². The minimum absolute atomic E-state index is 0.112. The van der Waals surface area contributed by atoms with Crippen LogP contribution in [0.4, 0.5) is 14.5 Å². The van der Waals surface area contributed by atoms with Gasteiger partial charge in [0.05, 0.1) is 18.3 Å². The molecule has 1 fully saturated rings. The number of hydrogen-bond donors (Lipinski definition) is 2. The van der Waals surface area contributed by atoms with Crippen molar-refractivity contribution in [3.05, 3.63) is 18.2 Å². The molecular weight excluding hydrogens is 258 g/mol. The molecule has 0 radical (unpaired) electrons. The first kappa shape index (κ1) is 13.5. The summed E-state index contributed by atoms with van der Waals surface area (Å²) in [6.07, 6.45) is 1.15. The summed E-state index contributed by atoms with van der Waals surface area (Å²) >= 11 is 0. The maximum absolute atomic E-state index is 12.3. The van der Waals surface area contributed by atoms with Gasteiger partial charge in [0.25, 0.3) is 0 Å². The highest BCUT2D eigenvalue weighted by Crippen LogP contribution is 2.36. The molecule has 1 aromatic rings. The van der Waals surface area contributed by atoms with Crippen molar-refractivity contribution >= 4 is 11.6 Å². The second-order valence-corrected chi connectivity index (χ2v) is 4.35. The van der Waals surface area contributed by atoms with Crippen molar-refractivity contribution in [3.63, 3.8) is 0 Å². The van der Waals surface area contributed by atoms with Crippen molar-refractivity contribution in [1.29, 1.82) is 0 Å². The molecular formula is C12H14F2N2O3. The monoisotopic (exact) mass is 272 g/mol. The number of carbonyl (C=O) groups excluding carboxylic acids is 1. The Bertz CT molecular complexity index is 490. The average Bonchev–Trinajstić information content (AvgIpc) is 3.10. The second-order valence-electron chi connectivity index (χ2n) is 4.35. The predicted molar refractivity (Wildman–Crippen MR) is 64.4 cm³/mol. The Morgan fingerprint density at radius 3 is 2.68 bits per heavy atom. The molecule has 7 heteroatoms. The van der Waals surface area contributed by atoms with Crippen LogP contribution in [0.5, 0.6) is 11.5 Å². The first-order valence-electron chi connectivity index (χ1n) is 5.68. The number of nitrogens with two attached hydrogens (primary N) is 1. The maximum atomic E-state index is 12.3. The van der Waals surface area contributed by atoms with Gasteiger partial charge in [0.1, 0.15) is 11.5 Å². The van der Waals surface area contributed by atoms with Gasteiger partial charge in [0.15, 0.2) is 0 Å². The van der Waals surface area contributed by atoms with Crippen LogP contribution in [0.15, 0.2) is 18.2 Å². The smallest absolute Gasteiger partial charge is 0.387 e. The Kier molecular flexibility index (Phi) is 3.57. The number of benzene rings is 1. The van der Waals surface area contributed by atoms with Crippen molar-refractivity contribution in [2.24, 2.45) is 5.73 Å². The Morgan fingerprint density at radius 1 is 1.47 bits per heavy atom. The van der Waals surface area contributed by atoms with Crippen LogP contribution >= 0.6 is 0 Å². The van der Waals surface area contributed by atoms with E-state index in [4.69, 9.17) is 10.5 Å². The lowest BCUT2D eigenvalue weighted by atomic mass is 10.2. The van der Waals surface area contributed by atoms with E-state index in [0.717, 1.165) is 0 Å². The fraction of sp³-hybridized carbons (Fsp3) is 0.417. The highest BCUT2D eigenvalue weighted by molar-refractivity contribution is 6.01. The highest BCUT2D eigenvalue weighted by atomic mass is 19.3. The fourth-order valence-electron chi connectivity index (χ4n) is 1.54. The largest absolute Gasteiger partial charge is 0.497 e. The van der Waals surface area contributed by atoms with Gasteiger partial charge in [-0.3, -0.25) is 4.79 Å². The minimum Gasteiger partial charge on any atom is -0.497 e. The molecule has 0 unspecified atom stereocenters. The van der Waals surface area contributed by atoms with Crippen LogP contribution in [0.25, 0.3) is 0 Å². The number of hydrogen-bond acceptors (Lipinski definition) is 4. The molecule has 1 amide bonds. The fourth-order valence-corrected chi connectivity index (χ4v) is 1.54. The number of halogens is 2. The summed E-state index contributed by atoms with van der Waals surface area (Å²) in [6, 6.07) is 4.17. The molecule has 1 aliphatic rings. The van der Waals surface area contributed by atoms with Gasteiger partial charge in [0.2, 0.25) is 5.91 Å². The molecule has 0 bridgehead atoms. The van der Waals surface area contributed by atoms with Gasteiger partial charge in [-0.05, 0) is 25.0 Å². The molecule has 0 spiro atoms. The van der Waals surface area contributed by atoms with Crippen LogP contribution in [0.1, 0.15) is 12.8 Å². The lowest BCUT2D eigenvalue weighted by Gasteiger charge is -2.15. The SMILES string of the molecule is COc1ccc(OC(F)F)c(NC(=O)C2(N)CC2)c1. The lowest BCUT2D eigenvalue weighted by molar-refractivity contribution is -0.118. The van der Waals surface area contributed by atoms with Crippen LogP contribution in [-0.2, 0) is 4.79 Å². The number of carbonyl (C=O) groups is 1. The molecule has 19 heavy (non-hydrogen) atoms. The van der Waals surface area contributed by atoms with Gasteiger partial charge >= 0.3 is 6.61 Å². The molecule has 0 aromatic heterocycles. The van der Waals surface area contributed by atoms with E-state index in [0.29, 0.717) is 18.6 Å². The van der Waals surface area contributed by atoms with Crippen LogP contribution in [0, 0.1) is 0 Å². The highest BCUT2D eigenvalue weighted by Gasteiger charge is 2.46. The van der Waals surface area contributed by atoms with Crippen molar-refractivity contribution in [2.45, 2.75) is 25.0 Å². The molecule has 0 heterocycles. The molecule has 3 N–H and O–H groups in total. The van der Waals surface area contributed by atoms with Gasteiger partial charge < -0.3 is 20.5 Å². The zero-order valence-electron chi connectivity index (χ0n) is 10.3. The summed E-state index contributed by atoms with van der Waals surface area (Å²) in [5, 5.41) is 2.49. The molecule has 104 valence electrons. The average molecular weight is 272 g/mol. The minimum atomic E-state index is -2.98. The van der Waals surface area contributed by atoms with Gasteiger partial charge in [-0.25, -0.2) is 0 Å². The Morgan fingerprint density at radius 2 is 2.16 bits per heavy atom. The van der Waals surface area contributed by atoms with Crippen LogP contribution < -0.4 is 20.5 Å². The predicted octanol–water partition coefficient (Wildman–Crippen LogP) is 1.73. The van der Waals surface area contributed by atoms with E-state index in [9.17, 15) is 13.6 Å². The van der Waals surface area contributed by atoms with Gasteiger partial charge in [0, 0.05) is 6.07 Å². The van der Waals surface area contributed by atoms with Crippen molar-refractivity contribution in [3.8, 4) is 11.5 Å². The van der Waals surface area contributed by atoms with E-state index in [1.165, 1.54) is 25.3 Å². The van der Waals surface area contributed by atoms with Crippen LogP contribution in [0.3, 0.4) is 0 Å². The number of nitrogens with one attached hydrogen (secondary N) is 1. The second kappa shape index (κ2) is 5.00. The zero-order valence-corrected chi connectivity index (χ0v) is 10.3. The van der Waals surface area contributed by atoms with Crippen molar-refractivity contribution in [1.82, 2.24) is 0 Å². The van der Waals surface area contributed by atoms with Gasteiger partial charge in [-0.1, -0.05) is 0 Å². The summed E-state index contributed by atoms with van der Waals surface area (Å²) in [7, 11) is 1.43. The van der Waals surface area contributed by atoms with E-state index < -0.39 is 18.1 Å². The van der Waals surface area contributed by atoms with E-state index in [1.54, 1.807) is 0 Å². The number of anilines is 1. The summed E-state index contributed by atoms with van der Waals surface area (Å²) < 4.78 is 33.9. The van der Waals surface area contributed by atoms with Crippen molar-refractivity contribution < 1.29 is 23.0 Å². The Labute approximate surface area is 108 Å². The third-order valence-electron chi connectivity index (χ3n) is 2.89. The van der Waals surface area contributed by atoms with E-state index in [2.05, 4.69) is 10.1 Å². The van der Waals surface area contributed by atoms with Crippen LogP contribution in [0.2, 0.25) is 0 Å². The number of methoxy groups -OCH3 is 1. The Balaban J connectivity index is 2.21. The number of rotatable bonds is 5. The molecule has 1 aromatic carbocycles. The van der Waals surface area contributed by atoms with Gasteiger partial charge in [-0.15, -0.1) is 0 Å². The van der Waals surface area contributed by atoms with E-state index >= 15 is 0 Å². The maximum Gasteiger partial charge on any atom is 0.387 e. The molecule has 2 rings (SSSR count). The lowest BCUT2D eigenvalue weighted by Crippen LogP contribution is -2.37. The summed E-state index contributed by atoms with van der Waals surface area (Å²) in [5.74, 6) is -0.132.